The van der Waals surface area contributed by atoms with Gasteiger partial charge < -0.3 is 15.0 Å². The van der Waals surface area contributed by atoms with Gasteiger partial charge >= 0.3 is 6.09 Å². The lowest BCUT2D eigenvalue weighted by Crippen LogP contribution is -2.41. The van der Waals surface area contributed by atoms with E-state index in [9.17, 15) is 13.6 Å². The molecule has 1 aromatic rings. The van der Waals surface area contributed by atoms with Crippen LogP contribution in [0.2, 0.25) is 0 Å². The summed E-state index contributed by atoms with van der Waals surface area (Å²) in [5.74, 6) is 0.523. The monoisotopic (exact) mass is 394 g/mol. The summed E-state index contributed by atoms with van der Waals surface area (Å²) in [6, 6.07) is 9.67. The number of piperidine rings is 2. The van der Waals surface area contributed by atoms with Crippen molar-refractivity contribution in [3.63, 3.8) is 0 Å². The molecule has 2 fully saturated rings. The molecule has 1 amide bonds. The minimum atomic E-state index is -2.23. The van der Waals surface area contributed by atoms with Gasteiger partial charge in [-0.1, -0.05) is 43.2 Å². The van der Waals surface area contributed by atoms with Crippen LogP contribution >= 0.6 is 0 Å². The fourth-order valence-corrected chi connectivity index (χ4v) is 4.46. The molecule has 0 aromatic heterocycles. The molecule has 1 aromatic carbocycles. The summed E-state index contributed by atoms with van der Waals surface area (Å²) in [5, 5.41) is 3.19. The highest BCUT2D eigenvalue weighted by atomic mass is 19.3. The third kappa shape index (κ3) is 5.66. The maximum atomic E-state index is 13.6. The zero-order valence-corrected chi connectivity index (χ0v) is 16.5. The zero-order valence-electron chi connectivity index (χ0n) is 16.5. The number of ether oxygens (including phenoxy) is 1. The lowest BCUT2D eigenvalue weighted by atomic mass is 9.74. The molecule has 0 radical (unpaired) electrons. The number of likely N-dealkylation sites (tertiary alicyclic amines) is 1. The van der Waals surface area contributed by atoms with Crippen molar-refractivity contribution in [2.75, 3.05) is 26.2 Å². The van der Waals surface area contributed by atoms with E-state index in [1.165, 1.54) is 0 Å². The minimum absolute atomic E-state index is 0.256. The molecule has 2 heterocycles. The number of hydrogen-bond donors (Lipinski definition) is 1. The summed E-state index contributed by atoms with van der Waals surface area (Å²) >= 11 is 0. The van der Waals surface area contributed by atoms with Crippen LogP contribution in [0.15, 0.2) is 30.3 Å². The second-order valence-electron chi connectivity index (χ2n) is 8.28. The van der Waals surface area contributed by atoms with Gasteiger partial charge in [-0.3, -0.25) is 0 Å². The molecule has 0 bridgehead atoms. The average molecular weight is 395 g/mol. The second kappa shape index (κ2) is 10.2. The molecule has 0 unspecified atom stereocenters. The highest BCUT2D eigenvalue weighted by Gasteiger charge is 2.40. The van der Waals surface area contributed by atoms with Crippen molar-refractivity contribution >= 4 is 6.09 Å². The topological polar surface area (TPSA) is 41.6 Å². The van der Waals surface area contributed by atoms with E-state index < -0.39 is 11.8 Å². The maximum Gasteiger partial charge on any atom is 0.410 e. The summed E-state index contributed by atoms with van der Waals surface area (Å²) in [6.07, 6.45) is 3.00. The van der Waals surface area contributed by atoms with Gasteiger partial charge in [-0.05, 0) is 56.7 Å². The Labute approximate surface area is 166 Å². The van der Waals surface area contributed by atoms with Gasteiger partial charge in [0.25, 0.3) is 0 Å². The lowest BCUT2D eigenvalue weighted by Gasteiger charge is -2.37. The molecule has 0 aliphatic carbocycles. The first kappa shape index (κ1) is 21.0. The second-order valence-corrected chi connectivity index (χ2v) is 8.28. The molecular weight excluding hydrogens is 362 g/mol. The SMILES string of the molecule is O=C(OCc1ccccc1)N1CCC(CCCC2(C(F)F)CCNCC2)CC1. The average Bonchev–Trinajstić information content (AvgIpc) is 2.74. The van der Waals surface area contributed by atoms with Gasteiger partial charge in [0.2, 0.25) is 6.43 Å². The van der Waals surface area contributed by atoms with Gasteiger partial charge in [-0.2, -0.15) is 0 Å². The van der Waals surface area contributed by atoms with E-state index in [1.807, 2.05) is 30.3 Å². The van der Waals surface area contributed by atoms with Gasteiger partial charge in [-0.25, -0.2) is 13.6 Å². The molecule has 156 valence electrons. The van der Waals surface area contributed by atoms with Crippen molar-refractivity contribution in [1.82, 2.24) is 10.2 Å². The Balaban J connectivity index is 1.35. The minimum Gasteiger partial charge on any atom is -0.445 e. The molecule has 3 rings (SSSR count). The van der Waals surface area contributed by atoms with Crippen LogP contribution in [-0.2, 0) is 11.3 Å². The number of nitrogens with one attached hydrogen (secondary N) is 1. The third-order valence-corrected chi connectivity index (χ3v) is 6.43. The van der Waals surface area contributed by atoms with Crippen LogP contribution in [0, 0.1) is 11.3 Å². The molecule has 1 N–H and O–H groups in total. The molecular formula is C22H32F2N2O2. The van der Waals surface area contributed by atoms with Crippen LogP contribution in [0.5, 0.6) is 0 Å². The predicted molar refractivity (Wildman–Crippen MR) is 105 cm³/mol. The van der Waals surface area contributed by atoms with Gasteiger partial charge in [0, 0.05) is 18.5 Å². The van der Waals surface area contributed by atoms with Crippen molar-refractivity contribution in [1.29, 1.82) is 0 Å². The predicted octanol–water partition coefficient (Wildman–Crippen LogP) is 4.84. The third-order valence-electron chi connectivity index (χ3n) is 6.43. The van der Waals surface area contributed by atoms with E-state index in [4.69, 9.17) is 4.74 Å². The summed E-state index contributed by atoms with van der Waals surface area (Å²) in [7, 11) is 0. The fraction of sp³-hybridized carbons (Fsp3) is 0.682. The molecule has 2 aliphatic heterocycles. The quantitative estimate of drug-likeness (QED) is 0.719. The number of amides is 1. The Kier molecular flexibility index (Phi) is 7.65. The van der Waals surface area contributed by atoms with Gasteiger partial charge in [0.15, 0.2) is 0 Å². The highest BCUT2D eigenvalue weighted by molar-refractivity contribution is 5.67. The van der Waals surface area contributed by atoms with Crippen LogP contribution in [0.3, 0.4) is 0 Å². The van der Waals surface area contributed by atoms with E-state index in [0.717, 1.165) is 31.2 Å². The number of rotatable bonds is 7. The van der Waals surface area contributed by atoms with Crippen LogP contribution in [0.1, 0.15) is 50.5 Å². The first-order valence-electron chi connectivity index (χ1n) is 10.5. The number of benzene rings is 1. The fourth-order valence-electron chi connectivity index (χ4n) is 4.46. The Morgan fingerprint density at radius 1 is 1.18 bits per heavy atom. The van der Waals surface area contributed by atoms with E-state index >= 15 is 0 Å². The maximum absolute atomic E-state index is 13.6. The van der Waals surface area contributed by atoms with Gasteiger partial charge in [0.1, 0.15) is 6.61 Å². The van der Waals surface area contributed by atoms with Gasteiger partial charge in [0.05, 0.1) is 0 Å². The molecule has 0 spiro atoms. The first-order chi connectivity index (χ1) is 13.6. The Morgan fingerprint density at radius 3 is 2.50 bits per heavy atom. The van der Waals surface area contributed by atoms with Crippen LogP contribution in [-0.4, -0.2) is 43.6 Å². The zero-order chi connectivity index (χ0) is 19.8. The molecule has 6 heteroatoms. The normalized spacial score (nSPS) is 20.3. The summed E-state index contributed by atoms with van der Waals surface area (Å²) in [5.41, 5.74) is 0.198. The van der Waals surface area contributed by atoms with Crippen molar-refractivity contribution in [2.45, 2.75) is 58.0 Å². The lowest BCUT2D eigenvalue weighted by molar-refractivity contribution is -0.0347. The van der Waals surface area contributed by atoms with E-state index in [1.54, 1.807) is 4.90 Å². The smallest absolute Gasteiger partial charge is 0.410 e. The largest absolute Gasteiger partial charge is 0.445 e. The van der Waals surface area contributed by atoms with Crippen molar-refractivity contribution in [2.24, 2.45) is 11.3 Å². The Bertz CT molecular complexity index is 598. The molecule has 2 saturated heterocycles. The molecule has 28 heavy (non-hydrogen) atoms. The van der Waals surface area contributed by atoms with Crippen LogP contribution in [0.25, 0.3) is 0 Å². The molecule has 2 aliphatic rings. The van der Waals surface area contributed by atoms with Crippen molar-refractivity contribution in [3.05, 3.63) is 35.9 Å². The standard InChI is InChI=1S/C22H32F2N2O2/c23-20(24)22(11-13-25-14-12-22)10-4-7-18-8-15-26(16-9-18)21(27)28-17-19-5-2-1-3-6-19/h1-3,5-6,18,20,25H,4,7-17H2. The first-order valence-corrected chi connectivity index (χ1v) is 10.5. The van der Waals surface area contributed by atoms with Crippen LogP contribution < -0.4 is 5.32 Å². The number of carbonyl (C=O) groups is 1. The van der Waals surface area contributed by atoms with Crippen LogP contribution in [0.4, 0.5) is 13.6 Å². The van der Waals surface area contributed by atoms with E-state index in [2.05, 4.69) is 5.32 Å². The van der Waals surface area contributed by atoms with E-state index in [-0.39, 0.29) is 6.09 Å². The number of nitrogens with zero attached hydrogens (tertiary/aromatic N) is 1. The highest BCUT2D eigenvalue weighted by Crippen LogP contribution is 2.41. The molecule has 0 saturated carbocycles. The Morgan fingerprint density at radius 2 is 1.86 bits per heavy atom. The number of halogens is 2. The molecule has 4 nitrogen and oxygen atoms in total. The Hall–Kier alpha value is -1.69. The number of carbonyl (C=O) groups excluding carboxylic acids is 1. The number of hydrogen-bond acceptors (Lipinski definition) is 3. The van der Waals surface area contributed by atoms with Gasteiger partial charge in [-0.15, -0.1) is 0 Å². The van der Waals surface area contributed by atoms with Crippen molar-refractivity contribution in [3.8, 4) is 0 Å². The summed E-state index contributed by atoms with van der Waals surface area (Å²) < 4.78 is 32.6. The summed E-state index contributed by atoms with van der Waals surface area (Å²) in [4.78, 5) is 14.0. The molecule has 0 atom stereocenters. The summed E-state index contributed by atoms with van der Waals surface area (Å²) in [6.45, 7) is 3.09. The number of alkyl halides is 2. The van der Waals surface area contributed by atoms with E-state index in [0.29, 0.717) is 58.0 Å². The van der Waals surface area contributed by atoms with Crippen molar-refractivity contribution < 1.29 is 18.3 Å².